The first kappa shape index (κ1) is 27.2. The van der Waals surface area contributed by atoms with Gasteiger partial charge in [0.05, 0.1) is 12.8 Å². The number of aryl methyl sites for hydroxylation is 2. The number of methoxy groups -OCH3 is 1. The Morgan fingerprint density at radius 3 is 2.72 bits per heavy atom. The molecule has 1 N–H and O–H groups in total. The monoisotopic (exact) mass is 533 g/mol. The first-order valence-corrected chi connectivity index (χ1v) is 14.3. The van der Waals surface area contributed by atoms with Crippen LogP contribution in [-0.2, 0) is 11.2 Å². The Morgan fingerprint density at radius 1 is 1.15 bits per heavy atom. The summed E-state index contributed by atoms with van der Waals surface area (Å²) < 4.78 is 19.2. The molecule has 1 aliphatic heterocycles. The van der Waals surface area contributed by atoms with Crippen LogP contribution in [0.2, 0.25) is 0 Å². The zero-order valence-corrected chi connectivity index (χ0v) is 23.4. The van der Waals surface area contributed by atoms with E-state index in [9.17, 15) is 9.18 Å². The van der Waals surface area contributed by atoms with E-state index in [4.69, 9.17) is 9.72 Å². The third kappa shape index (κ3) is 6.43. The first-order chi connectivity index (χ1) is 18.9. The SMILES string of the molecule is COc1ccnc(N2CCN(C(=O)CCCc3[nH]c(-c4ccc(F)c(C)c4)nc3C3CCCC(C)C3)CC2)c1. The number of nitrogens with one attached hydrogen (secondary N) is 1. The minimum atomic E-state index is -0.203. The smallest absolute Gasteiger partial charge is 0.222 e. The molecule has 1 amide bonds. The Bertz CT molecular complexity index is 1280. The van der Waals surface area contributed by atoms with Gasteiger partial charge in [0.15, 0.2) is 0 Å². The fraction of sp³-hybridized carbons (Fsp3) is 0.516. The highest BCUT2D eigenvalue weighted by Gasteiger charge is 2.27. The van der Waals surface area contributed by atoms with E-state index in [0.717, 1.165) is 73.1 Å². The summed E-state index contributed by atoms with van der Waals surface area (Å²) in [5.74, 6) is 3.60. The number of H-pyrrole nitrogens is 1. The second-order valence-electron chi connectivity index (χ2n) is 11.2. The van der Waals surface area contributed by atoms with Crippen molar-refractivity contribution in [2.75, 3.05) is 38.2 Å². The summed E-state index contributed by atoms with van der Waals surface area (Å²) in [7, 11) is 1.65. The number of imidazole rings is 1. The van der Waals surface area contributed by atoms with Crippen molar-refractivity contribution in [2.24, 2.45) is 5.92 Å². The molecule has 0 radical (unpaired) electrons. The van der Waals surface area contributed by atoms with Crippen LogP contribution in [0.15, 0.2) is 36.5 Å². The molecule has 3 aromatic rings. The summed E-state index contributed by atoms with van der Waals surface area (Å²) in [4.78, 5) is 30.3. The lowest BCUT2D eigenvalue weighted by Crippen LogP contribution is -2.49. The summed E-state index contributed by atoms with van der Waals surface area (Å²) in [5.41, 5.74) is 3.80. The average molecular weight is 534 g/mol. The van der Waals surface area contributed by atoms with Crippen LogP contribution in [0, 0.1) is 18.7 Å². The molecule has 0 bridgehead atoms. The molecule has 2 atom stereocenters. The summed E-state index contributed by atoms with van der Waals surface area (Å²) in [5, 5.41) is 0. The van der Waals surface area contributed by atoms with E-state index in [2.05, 4.69) is 21.8 Å². The number of halogens is 1. The molecule has 2 fully saturated rings. The molecule has 1 aromatic carbocycles. The molecule has 1 saturated heterocycles. The lowest BCUT2D eigenvalue weighted by Gasteiger charge is -2.35. The Kier molecular flexibility index (Phi) is 8.48. The number of hydrogen-bond acceptors (Lipinski definition) is 5. The Morgan fingerprint density at radius 2 is 1.97 bits per heavy atom. The molecule has 1 saturated carbocycles. The summed E-state index contributed by atoms with van der Waals surface area (Å²) >= 11 is 0. The van der Waals surface area contributed by atoms with Gasteiger partial charge in [0.1, 0.15) is 23.2 Å². The molecule has 2 unspecified atom stereocenters. The van der Waals surface area contributed by atoms with Gasteiger partial charge < -0.3 is 19.5 Å². The number of benzene rings is 1. The summed E-state index contributed by atoms with van der Waals surface area (Å²) in [6.07, 6.45) is 8.62. The maximum absolute atomic E-state index is 13.9. The van der Waals surface area contributed by atoms with Crippen molar-refractivity contribution in [1.29, 1.82) is 0 Å². The number of ether oxygens (including phenoxy) is 1. The number of nitrogens with zero attached hydrogens (tertiary/aromatic N) is 4. The second-order valence-corrected chi connectivity index (χ2v) is 11.2. The number of rotatable bonds is 8. The van der Waals surface area contributed by atoms with Crippen molar-refractivity contribution in [3.8, 4) is 17.1 Å². The van der Waals surface area contributed by atoms with Crippen LogP contribution in [0.25, 0.3) is 11.4 Å². The van der Waals surface area contributed by atoms with E-state index in [-0.39, 0.29) is 11.7 Å². The molecular weight excluding hydrogens is 493 g/mol. The highest BCUT2D eigenvalue weighted by Crippen LogP contribution is 2.38. The lowest BCUT2D eigenvalue weighted by molar-refractivity contribution is -0.131. The third-order valence-electron chi connectivity index (χ3n) is 8.29. The van der Waals surface area contributed by atoms with Crippen LogP contribution in [0.3, 0.4) is 0 Å². The fourth-order valence-corrected chi connectivity index (χ4v) is 6.02. The normalized spacial score (nSPS) is 19.8. The van der Waals surface area contributed by atoms with E-state index in [1.165, 1.54) is 18.9 Å². The van der Waals surface area contributed by atoms with Gasteiger partial charge in [0, 0.05) is 62.0 Å². The first-order valence-electron chi connectivity index (χ1n) is 14.3. The van der Waals surface area contributed by atoms with Gasteiger partial charge in [-0.25, -0.2) is 14.4 Å². The largest absolute Gasteiger partial charge is 0.497 e. The predicted octanol–water partition coefficient (Wildman–Crippen LogP) is 5.89. The minimum Gasteiger partial charge on any atom is -0.497 e. The third-order valence-corrected chi connectivity index (χ3v) is 8.29. The van der Waals surface area contributed by atoms with Crippen molar-refractivity contribution in [2.45, 2.75) is 64.7 Å². The van der Waals surface area contributed by atoms with E-state index < -0.39 is 0 Å². The van der Waals surface area contributed by atoms with Crippen LogP contribution in [0.5, 0.6) is 5.75 Å². The van der Waals surface area contributed by atoms with Crippen molar-refractivity contribution < 1.29 is 13.9 Å². The molecule has 5 rings (SSSR count). The molecule has 2 aromatic heterocycles. The van der Waals surface area contributed by atoms with Crippen molar-refractivity contribution in [3.63, 3.8) is 0 Å². The minimum absolute atomic E-state index is 0.203. The van der Waals surface area contributed by atoms with E-state index in [0.29, 0.717) is 36.9 Å². The van der Waals surface area contributed by atoms with Gasteiger partial charge in [-0.05, 0) is 68.4 Å². The Balaban J connectivity index is 1.21. The molecule has 7 nitrogen and oxygen atoms in total. The molecule has 3 heterocycles. The van der Waals surface area contributed by atoms with Crippen LogP contribution in [0.1, 0.15) is 68.3 Å². The molecule has 208 valence electrons. The maximum atomic E-state index is 13.9. The van der Waals surface area contributed by atoms with Gasteiger partial charge in [0.2, 0.25) is 5.91 Å². The van der Waals surface area contributed by atoms with Crippen molar-refractivity contribution in [1.82, 2.24) is 19.9 Å². The van der Waals surface area contributed by atoms with Gasteiger partial charge in [-0.3, -0.25) is 4.79 Å². The van der Waals surface area contributed by atoms with Gasteiger partial charge in [0.25, 0.3) is 0 Å². The second kappa shape index (κ2) is 12.2. The topological polar surface area (TPSA) is 74.3 Å². The van der Waals surface area contributed by atoms with Crippen LogP contribution >= 0.6 is 0 Å². The Labute approximate surface area is 230 Å². The van der Waals surface area contributed by atoms with Crippen LogP contribution in [-0.4, -0.2) is 59.0 Å². The maximum Gasteiger partial charge on any atom is 0.222 e. The summed E-state index contributed by atoms with van der Waals surface area (Å²) in [6.45, 7) is 7.02. The molecule has 1 aliphatic carbocycles. The number of amides is 1. The molecular formula is C31H40FN5O2. The number of hydrogen-bond donors (Lipinski definition) is 1. The Hall–Kier alpha value is -3.42. The highest BCUT2D eigenvalue weighted by atomic mass is 19.1. The number of pyridine rings is 1. The lowest BCUT2D eigenvalue weighted by atomic mass is 9.80. The zero-order chi connectivity index (χ0) is 27.4. The quantitative estimate of drug-likeness (QED) is 0.391. The van der Waals surface area contributed by atoms with Gasteiger partial charge in [-0.15, -0.1) is 0 Å². The fourth-order valence-electron chi connectivity index (χ4n) is 6.02. The molecule has 8 heteroatoms. The van der Waals surface area contributed by atoms with Crippen LogP contribution < -0.4 is 9.64 Å². The zero-order valence-electron chi connectivity index (χ0n) is 23.4. The number of anilines is 1. The highest BCUT2D eigenvalue weighted by molar-refractivity contribution is 5.76. The van der Waals surface area contributed by atoms with Crippen molar-refractivity contribution in [3.05, 3.63) is 59.3 Å². The molecule has 39 heavy (non-hydrogen) atoms. The van der Waals surface area contributed by atoms with Gasteiger partial charge >= 0.3 is 0 Å². The number of piperazine rings is 1. The summed E-state index contributed by atoms with van der Waals surface area (Å²) in [6, 6.07) is 8.94. The van der Waals surface area contributed by atoms with E-state index in [1.807, 2.05) is 23.1 Å². The van der Waals surface area contributed by atoms with Crippen LogP contribution in [0.4, 0.5) is 10.2 Å². The number of carbonyl (C=O) groups excluding carboxylic acids is 1. The van der Waals surface area contributed by atoms with E-state index >= 15 is 0 Å². The van der Waals surface area contributed by atoms with E-state index in [1.54, 1.807) is 26.3 Å². The molecule has 0 spiro atoms. The molecule has 2 aliphatic rings. The number of aromatic amines is 1. The number of carbonyl (C=O) groups is 1. The standard InChI is InChI=1S/C31H40FN5O2/c1-21-6-4-7-23(18-21)30-27(34-31(35-30)24-10-11-26(32)22(2)19-24)8-5-9-29(38)37-16-14-36(15-17-37)28-20-25(39-3)12-13-33-28/h10-13,19-21,23H,4-9,14-18H2,1-3H3,(H,34,35). The van der Waals surface area contributed by atoms with Crippen molar-refractivity contribution >= 4 is 11.7 Å². The van der Waals surface area contributed by atoms with Gasteiger partial charge in [-0.2, -0.15) is 0 Å². The van der Waals surface area contributed by atoms with Gasteiger partial charge in [-0.1, -0.05) is 19.8 Å². The average Bonchev–Trinajstić information content (AvgIpc) is 3.39. The predicted molar refractivity (Wildman–Crippen MR) is 152 cm³/mol. The number of aromatic nitrogens is 3.